The van der Waals surface area contributed by atoms with E-state index in [9.17, 15) is 19.2 Å². The predicted octanol–water partition coefficient (Wildman–Crippen LogP) is 7.56. The zero-order chi connectivity index (χ0) is 33.3. The Morgan fingerprint density at radius 1 is 0.830 bits per heavy atom. The van der Waals surface area contributed by atoms with Crippen LogP contribution in [0.5, 0.6) is 0 Å². The molecule has 1 saturated carbocycles. The first-order valence-corrected chi connectivity index (χ1v) is 16.1. The first-order valence-electron chi connectivity index (χ1n) is 16.1. The highest BCUT2D eigenvalue weighted by Crippen LogP contribution is 2.38. The maximum absolute atomic E-state index is 13.1. The lowest BCUT2D eigenvalue weighted by molar-refractivity contribution is -0.153. The minimum Gasteiger partial charge on any atom is -0.465 e. The molecule has 0 atom stereocenters. The molecule has 0 unspecified atom stereocenters. The summed E-state index contributed by atoms with van der Waals surface area (Å²) in [5, 5.41) is 10.7. The van der Waals surface area contributed by atoms with Crippen LogP contribution in [0.4, 0.5) is 5.69 Å². The smallest absolute Gasteiger partial charge is 0.345 e. The Hall–Kier alpha value is -4.86. The van der Waals surface area contributed by atoms with Gasteiger partial charge in [-0.15, -0.1) is 0 Å². The van der Waals surface area contributed by atoms with E-state index in [2.05, 4.69) is 17.2 Å². The van der Waals surface area contributed by atoms with Gasteiger partial charge in [0.2, 0.25) is 0 Å². The van der Waals surface area contributed by atoms with Gasteiger partial charge in [-0.3, -0.25) is 4.79 Å². The Bertz CT molecular complexity index is 1710. The van der Waals surface area contributed by atoms with E-state index in [4.69, 9.17) is 18.9 Å². The highest BCUT2D eigenvalue weighted by atomic mass is 16.6. The highest BCUT2D eigenvalue weighted by molar-refractivity contribution is 6.14. The van der Waals surface area contributed by atoms with Crippen LogP contribution in [0.25, 0.3) is 10.8 Å². The number of carbonyl (C=O) groups is 4. The summed E-state index contributed by atoms with van der Waals surface area (Å²) in [6.07, 6.45) is 11.4. The monoisotopic (exact) mass is 640 g/mol. The molecular formula is C37H40N2O8. The third kappa shape index (κ3) is 8.49. The normalized spacial score (nSPS) is 19.3. The molecule has 47 heavy (non-hydrogen) atoms. The third-order valence-corrected chi connectivity index (χ3v) is 8.65. The van der Waals surface area contributed by atoms with E-state index < -0.39 is 11.9 Å². The van der Waals surface area contributed by atoms with Crippen molar-refractivity contribution in [3.63, 3.8) is 0 Å². The Kier molecular flexibility index (Phi) is 11.1. The van der Waals surface area contributed by atoms with Gasteiger partial charge in [-0.1, -0.05) is 38.0 Å². The molecule has 3 aliphatic carbocycles. The second kappa shape index (κ2) is 15.6. The molecule has 1 fully saturated rings. The van der Waals surface area contributed by atoms with Crippen molar-refractivity contribution in [3.05, 3.63) is 88.2 Å². The Labute approximate surface area is 274 Å². The molecule has 3 aliphatic rings. The van der Waals surface area contributed by atoms with Gasteiger partial charge in [0, 0.05) is 6.42 Å². The van der Waals surface area contributed by atoms with E-state index >= 15 is 0 Å². The molecule has 0 bridgehead atoms. The number of rotatable bonds is 12. The molecule has 0 heterocycles. The zero-order valence-corrected chi connectivity index (χ0v) is 27.1. The standard InChI is InChI=1S/C37H40N2O8/c1-4-5-6-15-46-35(41)24-10-13-32(14-11-24)47-37(43)33(36(42)45-3)18-23-16-28-21-31(22-29(28)17-23)39-38-30-12-9-25-19-27(34(40)44-2)8-7-26(25)20-30/h7-9,12,16,18-20,22,24,32H,4-6,10-11,13-15,17,21H2,1-3H3/b33-18+,39-38+. The molecular weight excluding hydrogens is 600 g/mol. The quantitative estimate of drug-likeness (QED) is 0.0442. The first kappa shape index (κ1) is 33.5. The Morgan fingerprint density at radius 2 is 1.57 bits per heavy atom. The van der Waals surface area contributed by atoms with Gasteiger partial charge in [0.15, 0.2) is 0 Å². The lowest BCUT2D eigenvalue weighted by Gasteiger charge is -2.27. The summed E-state index contributed by atoms with van der Waals surface area (Å²) >= 11 is 0. The van der Waals surface area contributed by atoms with Crippen LogP contribution < -0.4 is 0 Å². The van der Waals surface area contributed by atoms with E-state index in [1.54, 1.807) is 18.2 Å². The Morgan fingerprint density at radius 3 is 2.30 bits per heavy atom. The number of azo groups is 1. The summed E-state index contributed by atoms with van der Waals surface area (Å²) < 4.78 is 20.8. The van der Waals surface area contributed by atoms with Gasteiger partial charge in [0.05, 0.1) is 43.7 Å². The maximum atomic E-state index is 13.1. The van der Waals surface area contributed by atoms with Crippen molar-refractivity contribution in [2.24, 2.45) is 16.1 Å². The highest BCUT2D eigenvalue weighted by Gasteiger charge is 2.32. The van der Waals surface area contributed by atoms with Crippen LogP contribution >= 0.6 is 0 Å². The second-order valence-corrected chi connectivity index (χ2v) is 12.0. The van der Waals surface area contributed by atoms with E-state index in [0.717, 1.165) is 52.5 Å². The molecule has 2 aromatic rings. The fourth-order valence-electron chi connectivity index (χ4n) is 6.05. The van der Waals surface area contributed by atoms with Crippen LogP contribution in [0.1, 0.15) is 75.1 Å². The largest absolute Gasteiger partial charge is 0.465 e. The molecule has 0 aromatic heterocycles. The maximum Gasteiger partial charge on any atom is 0.345 e. The molecule has 0 amide bonds. The number of hydrogen-bond donors (Lipinski definition) is 0. The van der Waals surface area contributed by atoms with E-state index in [0.29, 0.717) is 56.4 Å². The SMILES string of the molecule is CCCCCOC(=O)C1CCC(OC(=O)/C(=C/C2=CC3=C(C=C(/N=N/c4ccc5cc(C(=O)OC)ccc5c4)C3)C2)C(=O)OC)CC1. The molecule has 2 aromatic carbocycles. The topological polar surface area (TPSA) is 130 Å². The molecule has 0 spiro atoms. The Balaban J connectivity index is 1.14. The molecule has 0 aliphatic heterocycles. The summed E-state index contributed by atoms with van der Waals surface area (Å²) in [6.45, 7) is 2.54. The van der Waals surface area contributed by atoms with E-state index in [-0.39, 0.29) is 29.5 Å². The van der Waals surface area contributed by atoms with Crippen molar-refractivity contribution < 1.29 is 38.1 Å². The lowest BCUT2D eigenvalue weighted by Crippen LogP contribution is -2.30. The number of ether oxygens (including phenoxy) is 4. The van der Waals surface area contributed by atoms with Gasteiger partial charge in [-0.05, 0) is 102 Å². The van der Waals surface area contributed by atoms with Crippen LogP contribution in [0.2, 0.25) is 0 Å². The van der Waals surface area contributed by atoms with Gasteiger partial charge >= 0.3 is 23.9 Å². The molecule has 10 nitrogen and oxygen atoms in total. The molecule has 5 rings (SSSR count). The van der Waals surface area contributed by atoms with Crippen LogP contribution in [0.15, 0.2) is 92.8 Å². The molecule has 10 heteroatoms. The number of fused-ring (bicyclic) bond motifs is 1. The van der Waals surface area contributed by atoms with Gasteiger partial charge in [0.1, 0.15) is 11.7 Å². The van der Waals surface area contributed by atoms with Crippen molar-refractivity contribution in [1.82, 2.24) is 0 Å². The van der Waals surface area contributed by atoms with Gasteiger partial charge in [-0.2, -0.15) is 10.2 Å². The van der Waals surface area contributed by atoms with Gasteiger partial charge in [0.25, 0.3) is 0 Å². The zero-order valence-electron chi connectivity index (χ0n) is 27.1. The van der Waals surface area contributed by atoms with Crippen LogP contribution in [0.3, 0.4) is 0 Å². The summed E-state index contributed by atoms with van der Waals surface area (Å²) in [4.78, 5) is 49.8. The third-order valence-electron chi connectivity index (χ3n) is 8.65. The molecule has 246 valence electrons. The van der Waals surface area contributed by atoms with Crippen molar-refractivity contribution in [2.45, 2.75) is 70.8 Å². The number of benzene rings is 2. The van der Waals surface area contributed by atoms with Crippen LogP contribution in [-0.4, -0.2) is 50.8 Å². The number of nitrogens with zero attached hydrogens (tertiary/aromatic N) is 2. The second-order valence-electron chi connectivity index (χ2n) is 12.0. The van der Waals surface area contributed by atoms with E-state index in [1.807, 2.05) is 36.4 Å². The van der Waals surface area contributed by atoms with Crippen LogP contribution in [-0.2, 0) is 33.3 Å². The number of esters is 4. The fourth-order valence-corrected chi connectivity index (χ4v) is 6.05. The molecule has 0 saturated heterocycles. The summed E-state index contributed by atoms with van der Waals surface area (Å²) in [6, 6.07) is 11.0. The number of methoxy groups -OCH3 is 2. The average molecular weight is 641 g/mol. The lowest BCUT2D eigenvalue weighted by atomic mass is 9.87. The number of allylic oxidation sites excluding steroid dienone is 6. The first-order chi connectivity index (χ1) is 22.8. The number of unbranched alkanes of at least 4 members (excludes halogenated alkanes) is 2. The van der Waals surface area contributed by atoms with Crippen molar-refractivity contribution in [3.8, 4) is 0 Å². The minimum absolute atomic E-state index is 0.156. The van der Waals surface area contributed by atoms with Gasteiger partial charge in [-0.25, -0.2) is 14.4 Å². The van der Waals surface area contributed by atoms with Crippen molar-refractivity contribution in [1.29, 1.82) is 0 Å². The van der Waals surface area contributed by atoms with Crippen LogP contribution in [0, 0.1) is 5.92 Å². The summed E-state index contributed by atoms with van der Waals surface area (Å²) in [5.41, 5.74) is 4.73. The van der Waals surface area contributed by atoms with E-state index in [1.165, 1.54) is 14.2 Å². The molecule has 0 N–H and O–H groups in total. The van der Waals surface area contributed by atoms with Gasteiger partial charge < -0.3 is 18.9 Å². The minimum atomic E-state index is -0.755. The van der Waals surface area contributed by atoms with Crippen molar-refractivity contribution in [2.75, 3.05) is 20.8 Å². The molecule has 0 radical (unpaired) electrons. The fraction of sp³-hybridized carbons (Fsp3) is 0.405. The summed E-state index contributed by atoms with van der Waals surface area (Å²) in [7, 11) is 2.59. The number of hydrogen-bond acceptors (Lipinski definition) is 10. The summed E-state index contributed by atoms with van der Waals surface area (Å²) in [5.74, 6) is -2.23. The number of carbonyl (C=O) groups excluding carboxylic acids is 4. The van der Waals surface area contributed by atoms with Crippen molar-refractivity contribution >= 4 is 40.3 Å². The average Bonchev–Trinajstić information content (AvgIpc) is 3.65. The predicted molar refractivity (Wildman–Crippen MR) is 175 cm³/mol.